The molecule has 2 atom stereocenters. The van der Waals surface area contributed by atoms with E-state index in [2.05, 4.69) is 62.4 Å². The normalized spacial score (nSPS) is 13.8. The Morgan fingerprint density at radius 3 is 1.14 bits per heavy atom. The Bertz CT molecular complexity index is 3760. The minimum absolute atomic E-state index is 0.121. The van der Waals surface area contributed by atoms with Crippen molar-refractivity contribution in [3.05, 3.63) is 80.8 Å². The Labute approximate surface area is 523 Å². The Balaban J connectivity index is 1.01. The molecule has 0 aromatic carbocycles. The molecule has 6 nitrogen and oxygen atoms in total. The number of hydrogen-bond acceptors (Lipinski definition) is 14. The third-order valence-electron chi connectivity index (χ3n) is 16.8. The average Bonchev–Trinajstić information content (AvgIpc) is 1.64. The lowest BCUT2D eigenvalue weighted by molar-refractivity contribution is 0.469. The van der Waals surface area contributed by atoms with E-state index in [0.717, 1.165) is 190 Å². The van der Waals surface area contributed by atoms with E-state index in [4.69, 9.17) is 18.7 Å². The van der Waals surface area contributed by atoms with Gasteiger partial charge in [0.2, 0.25) is 0 Å². The number of fused-ring (bicyclic) bond motifs is 5. The van der Waals surface area contributed by atoms with E-state index >= 15 is 35.1 Å². The monoisotopic (exact) mass is 1330 g/mol. The number of aryl methyl sites for hydroxylation is 2. The molecule has 0 radical (unpaired) electrons. The lowest BCUT2D eigenvalue weighted by Gasteiger charge is -2.35. The second-order valence-corrected chi connectivity index (χ2v) is 33.8. The third-order valence-corrected chi connectivity index (χ3v) is 31.2. The quantitative estimate of drug-likeness (QED) is 0.0276. The van der Waals surface area contributed by atoms with Crippen LogP contribution < -0.4 is 10.4 Å². The number of nitrogens with zero attached hydrogens (tertiary/aromatic N) is 6. The molecule has 0 spiro atoms. The molecule has 10 aromatic rings. The van der Waals surface area contributed by atoms with Crippen LogP contribution in [-0.2, 0) is 12.8 Å². The summed E-state index contributed by atoms with van der Waals surface area (Å²) in [7, 11) is -2.71. The van der Waals surface area contributed by atoms with Crippen molar-refractivity contribution >= 4 is 132 Å². The van der Waals surface area contributed by atoms with Gasteiger partial charge in [-0.25, -0.2) is 35.1 Å². The number of pyridine rings is 2. The molecule has 10 aromatic heterocycles. The van der Waals surface area contributed by atoms with E-state index in [1.54, 1.807) is 22.7 Å². The summed E-state index contributed by atoms with van der Waals surface area (Å²) in [4.78, 5) is 13.0. The summed E-state index contributed by atoms with van der Waals surface area (Å²) >= 11 is 8.24. The van der Waals surface area contributed by atoms with Crippen LogP contribution in [0.25, 0.3) is 93.4 Å². The summed E-state index contributed by atoms with van der Waals surface area (Å²) in [5.41, 5.74) is 3.05. The molecule has 2 unspecified atom stereocenters. The van der Waals surface area contributed by atoms with Gasteiger partial charge in [0.15, 0.2) is 46.5 Å². The highest BCUT2D eigenvalue weighted by molar-refractivity contribution is 7.32. The Kier molecular flexibility index (Phi) is 19.7. The molecule has 1 aliphatic heterocycles. The highest BCUT2D eigenvalue weighted by Gasteiger charge is 2.50. The Morgan fingerprint density at radius 1 is 0.388 bits per heavy atom. The summed E-state index contributed by atoms with van der Waals surface area (Å²) in [6.45, 7) is 13.2. The zero-order valence-electron chi connectivity index (χ0n) is 48.1. The van der Waals surface area contributed by atoms with Crippen LogP contribution in [-0.4, -0.2) is 35.5 Å². The largest absolute Gasteiger partial charge is 0.252 e. The predicted octanol–water partition coefficient (Wildman–Crippen LogP) is 22.2. The van der Waals surface area contributed by atoms with Crippen LogP contribution in [0.15, 0.2) is 24.5 Å². The van der Waals surface area contributed by atoms with Crippen LogP contribution in [0, 0.1) is 58.4 Å². The molecule has 0 fully saturated rings. The van der Waals surface area contributed by atoms with E-state index in [0.29, 0.717) is 71.0 Å². The fourth-order valence-corrected chi connectivity index (χ4v) is 28.3. The molecule has 11 heterocycles. The van der Waals surface area contributed by atoms with Gasteiger partial charge in [0.25, 0.3) is 0 Å². The summed E-state index contributed by atoms with van der Waals surface area (Å²) in [6.07, 6.45) is 19.2. The fourth-order valence-electron chi connectivity index (χ4n) is 12.2. The number of rotatable bonds is 28. The lowest BCUT2D eigenvalue weighted by Crippen LogP contribution is -2.56. The van der Waals surface area contributed by atoms with E-state index in [1.165, 1.54) is 22.8 Å². The zero-order chi connectivity index (χ0) is 59.8. The molecule has 0 saturated carbocycles. The number of hydrogen-bond donors (Lipinski definition) is 0. The van der Waals surface area contributed by atoms with Gasteiger partial charge in [0.1, 0.15) is 41.5 Å². The first-order valence-electron chi connectivity index (χ1n) is 29.6. The number of aromatic nitrogens is 6. The number of thiophene rings is 6. The van der Waals surface area contributed by atoms with Crippen LogP contribution in [0.2, 0.25) is 12.1 Å². The summed E-state index contributed by atoms with van der Waals surface area (Å²) in [5.74, 6) is -8.35. The van der Waals surface area contributed by atoms with Crippen molar-refractivity contribution in [2.75, 3.05) is 0 Å². The van der Waals surface area contributed by atoms with Gasteiger partial charge in [-0.1, -0.05) is 131 Å². The standard InChI is InChI=1S/C62H64F8N6S8Si/c1-7-13-17-19-23-35-41(63)43(65)59(77-35)61-47(69)45(67)55(81-61)33-27-71-51(53-49(33)73-83-75-53)37-25-39-57(79-37)58-40(85(39,29-31(11-5)21-15-9-3)30-32(12-6)22-16-10-4)26-38(80-58)52-54-50(74-84-76-54)34(28-72-52)56-46(68)48(70)62(82-56)60-44(66)42(64)36(78-60)24-20-18-14-8-2/h25-28,31-32H,7-24,29-30H2,1-6H3. The second-order valence-electron chi connectivity index (χ2n) is 22.4. The molecule has 23 heteroatoms. The third kappa shape index (κ3) is 11.6. The molecule has 85 heavy (non-hydrogen) atoms. The maximum absolute atomic E-state index is 16.3. The molecule has 0 saturated heterocycles. The second kappa shape index (κ2) is 26.9. The van der Waals surface area contributed by atoms with E-state index in [9.17, 15) is 0 Å². The predicted molar refractivity (Wildman–Crippen MR) is 346 cm³/mol. The van der Waals surface area contributed by atoms with Crippen molar-refractivity contribution in [1.29, 1.82) is 0 Å². The van der Waals surface area contributed by atoms with Crippen molar-refractivity contribution in [3.8, 4) is 71.3 Å². The molecule has 450 valence electrons. The van der Waals surface area contributed by atoms with E-state index < -0.39 is 54.6 Å². The van der Waals surface area contributed by atoms with Crippen molar-refractivity contribution in [1.82, 2.24) is 27.5 Å². The average molecular weight is 1330 g/mol. The van der Waals surface area contributed by atoms with Crippen molar-refractivity contribution in [2.45, 2.75) is 169 Å². The number of halogens is 8. The molecule has 0 aliphatic carbocycles. The minimum atomic E-state index is -2.71. The minimum Gasteiger partial charge on any atom is -0.252 e. The first-order valence-corrected chi connectivity index (χ1v) is 38.4. The highest BCUT2D eigenvalue weighted by atomic mass is 32.1. The van der Waals surface area contributed by atoms with Gasteiger partial charge >= 0.3 is 0 Å². The van der Waals surface area contributed by atoms with Crippen LogP contribution in [0.1, 0.15) is 154 Å². The molecule has 11 rings (SSSR count). The summed E-state index contributed by atoms with van der Waals surface area (Å²) < 4.78 is 145. The molecule has 1 aliphatic rings. The van der Waals surface area contributed by atoms with Gasteiger partial charge in [-0.15, -0.1) is 68.0 Å². The maximum atomic E-state index is 16.3. The highest BCUT2D eigenvalue weighted by Crippen LogP contribution is 2.53. The SMILES string of the molecule is CCCCCCc1sc(-c2sc(-c3cnc(-c4cc5c(s4)-c4sc(-c6ncc(-c7sc(-c8sc(CCCCCC)c(F)c8F)c(F)c7F)c7nsnc67)cc4[Si]5(CC(CC)CCCC)CC(CC)CCCC)c4nsnc34)c(F)c2F)c(F)c1F. The first-order chi connectivity index (χ1) is 41.2. The fraction of sp³-hybridized carbons (Fsp3) is 0.452. The topological polar surface area (TPSA) is 77.3 Å². The van der Waals surface area contributed by atoms with Gasteiger partial charge in [-0.2, -0.15) is 17.5 Å². The van der Waals surface area contributed by atoms with Crippen molar-refractivity contribution < 1.29 is 35.1 Å². The van der Waals surface area contributed by atoms with Crippen LogP contribution in [0.5, 0.6) is 0 Å². The Morgan fingerprint density at radius 2 is 0.753 bits per heavy atom. The summed E-state index contributed by atoms with van der Waals surface area (Å²) in [6, 6.07) is 6.69. The van der Waals surface area contributed by atoms with Crippen LogP contribution in [0.4, 0.5) is 35.1 Å². The van der Waals surface area contributed by atoms with Gasteiger partial charge < -0.3 is 0 Å². The summed E-state index contributed by atoms with van der Waals surface area (Å²) in [5, 5.41) is 2.69. The van der Waals surface area contributed by atoms with Gasteiger partial charge in [-0.3, -0.25) is 9.97 Å². The maximum Gasteiger partial charge on any atom is 0.179 e. The van der Waals surface area contributed by atoms with Crippen molar-refractivity contribution in [3.63, 3.8) is 0 Å². The first kappa shape index (κ1) is 62.4. The molecule has 0 N–H and O–H groups in total. The van der Waals surface area contributed by atoms with Crippen LogP contribution in [0.3, 0.4) is 0 Å². The molecular formula is C62H64F8N6S8Si. The van der Waals surface area contributed by atoms with Gasteiger partial charge in [-0.05, 0) is 72.1 Å². The van der Waals surface area contributed by atoms with Gasteiger partial charge in [0, 0.05) is 43.0 Å². The van der Waals surface area contributed by atoms with Crippen LogP contribution >= 0.6 is 91.5 Å². The molecule has 0 amide bonds. The molecule has 0 bridgehead atoms. The van der Waals surface area contributed by atoms with E-state index in [-0.39, 0.29) is 50.1 Å². The van der Waals surface area contributed by atoms with Gasteiger partial charge in [0.05, 0.1) is 62.5 Å². The van der Waals surface area contributed by atoms with E-state index in [1.807, 2.05) is 0 Å². The number of unbranched alkanes of at least 4 members (excludes halogenated alkanes) is 8. The smallest absolute Gasteiger partial charge is 0.179 e. The van der Waals surface area contributed by atoms with Crippen molar-refractivity contribution in [2.24, 2.45) is 11.8 Å². The zero-order valence-corrected chi connectivity index (χ0v) is 55.6. The lowest BCUT2D eigenvalue weighted by atomic mass is 10.0. The molecular weight excluding hydrogens is 1270 g/mol. The Hall–Kier alpha value is -4.20.